The van der Waals surface area contributed by atoms with Gasteiger partial charge in [0.15, 0.2) is 0 Å². The summed E-state index contributed by atoms with van der Waals surface area (Å²) in [6.45, 7) is 3.84. The molecular weight excluding hydrogens is 232 g/mol. The molecule has 0 fully saturated rings. The fourth-order valence-electron chi connectivity index (χ4n) is 1.34. The van der Waals surface area contributed by atoms with Gasteiger partial charge in [-0.25, -0.2) is 9.59 Å². The summed E-state index contributed by atoms with van der Waals surface area (Å²) < 4.78 is 9.34. The van der Waals surface area contributed by atoms with Crippen LogP contribution in [-0.2, 0) is 14.3 Å². The van der Waals surface area contributed by atoms with Gasteiger partial charge in [0.2, 0.25) is 0 Å². The molecule has 0 unspecified atom stereocenters. The zero-order valence-electron chi connectivity index (χ0n) is 10.6. The standard InChI is InChI=1S/C14H14O4/c1-4-18-13(15)8-6-11-9-10(2)5-7-12(11)14(16)17-3/h5,7,9H,4H2,1-3H3. The topological polar surface area (TPSA) is 52.6 Å². The Hall–Kier alpha value is -2.28. The van der Waals surface area contributed by atoms with Crippen LogP contribution in [0.5, 0.6) is 0 Å². The number of benzene rings is 1. The summed E-state index contributed by atoms with van der Waals surface area (Å²) in [5.74, 6) is 3.86. The van der Waals surface area contributed by atoms with Crippen molar-refractivity contribution in [1.82, 2.24) is 0 Å². The minimum absolute atomic E-state index is 0.269. The van der Waals surface area contributed by atoms with E-state index in [2.05, 4.69) is 16.6 Å². The summed E-state index contributed by atoms with van der Waals surface area (Å²) >= 11 is 0. The minimum Gasteiger partial charge on any atom is -0.465 e. The SMILES string of the molecule is CCOC(=O)C#Cc1cc(C)ccc1C(=O)OC. The van der Waals surface area contributed by atoms with Crippen LogP contribution in [0.15, 0.2) is 18.2 Å². The number of ether oxygens (including phenoxy) is 2. The summed E-state index contributed by atoms with van der Waals surface area (Å²) in [4.78, 5) is 22.6. The molecule has 0 saturated carbocycles. The van der Waals surface area contributed by atoms with E-state index < -0.39 is 11.9 Å². The molecule has 4 nitrogen and oxygen atoms in total. The van der Waals surface area contributed by atoms with Crippen LogP contribution in [0.4, 0.5) is 0 Å². The van der Waals surface area contributed by atoms with Gasteiger partial charge in [-0.15, -0.1) is 0 Å². The molecule has 0 spiro atoms. The van der Waals surface area contributed by atoms with E-state index in [1.165, 1.54) is 7.11 Å². The quantitative estimate of drug-likeness (QED) is 0.588. The van der Waals surface area contributed by atoms with Gasteiger partial charge in [0.25, 0.3) is 0 Å². The number of rotatable bonds is 2. The van der Waals surface area contributed by atoms with Crippen LogP contribution in [0.3, 0.4) is 0 Å². The summed E-state index contributed by atoms with van der Waals surface area (Å²) in [6, 6.07) is 5.12. The van der Waals surface area contributed by atoms with E-state index in [0.29, 0.717) is 11.1 Å². The van der Waals surface area contributed by atoms with E-state index in [1.54, 1.807) is 25.1 Å². The van der Waals surface area contributed by atoms with Crippen LogP contribution >= 0.6 is 0 Å². The third kappa shape index (κ3) is 3.63. The van der Waals surface area contributed by atoms with Crippen molar-refractivity contribution >= 4 is 11.9 Å². The lowest BCUT2D eigenvalue weighted by atomic mass is 10.0. The van der Waals surface area contributed by atoms with E-state index in [4.69, 9.17) is 4.74 Å². The van der Waals surface area contributed by atoms with Crippen molar-refractivity contribution in [3.05, 3.63) is 34.9 Å². The lowest BCUT2D eigenvalue weighted by Crippen LogP contribution is -2.05. The van der Waals surface area contributed by atoms with E-state index in [9.17, 15) is 9.59 Å². The van der Waals surface area contributed by atoms with Crippen molar-refractivity contribution in [2.75, 3.05) is 13.7 Å². The molecule has 0 radical (unpaired) electrons. The Bertz CT molecular complexity index is 520. The van der Waals surface area contributed by atoms with Gasteiger partial charge in [-0.2, -0.15) is 0 Å². The van der Waals surface area contributed by atoms with Gasteiger partial charge in [0.05, 0.1) is 19.3 Å². The maximum Gasteiger partial charge on any atom is 0.384 e. The fourth-order valence-corrected chi connectivity index (χ4v) is 1.34. The second-order valence-corrected chi connectivity index (χ2v) is 3.51. The first-order chi connectivity index (χ1) is 8.58. The Labute approximate surface area is 106 Å². The predicted molar refractivity (Wildman–Crippen MR) is 66.0 cm³/mol. The second-order valence-electron chi connectivity index (χ2n) is 3.51. The second kappa shape index (κ2) is 6.45. The molecule has 0 aliphatic heterocycles. The first-order valence-corrected chi connectivity index (χ1v) is 5.46. The molecule has 1 aromatic carbocycles. The normalized spacial score (nSPS) is 9.06. The molecule has 0 saturated heterocycles. The lowest BCUT2D eigenvalue weighted by molar-refractivity contribution is -0.136. The van der Waals surface area contributed by atoms with Crippen molar-refractivity contribution in [3.8, 4) is 11.8 Å². The highest BCUT2D eigenvalue weighted by molar-refractivity contribution is 5.94. The number of carbonyl (C=O) groups is 2. The average molecular weight is 246 g/mol. The van der Waals surface area contributed by atoms with Crippen molar-refractivity contribution in [2.45, 2.75) is 13.8 Å². The molecule has 0 atom stereocenters. The predicted octanol–water partition coefficient (Wildman–Crippen LogP) is 1.70. The van der Waals surface area contributed by atoms with Crippen LogP contribution in [0.25, 0.3) is 0 Å². The van der Waals surface area contributed by atoms with Gasteiger partial charge in [-0.05, 0) is 31.5 Å². The van der Waals surface area contributed by atoms with Crippen LogP contribution in [0.1, 0.15) is 28.4 Å². The molecule has 4 heteroatoms. The number of methoxy groups -OCH3 is 1. The van der Waals surface area contributed by atoms with Crippen LogP contribution in [-0.4, -0.2) is 25.7 Å². The zero-order chi connectivity index (χ0) is 13.5. The van der Waals surface area contributed by atoms with Crippen LogP contribution < -0.4 is 0 Å². The van der Waals surface area contributed by atoms with Gasteiger partial charge < -0.3 is 9.47 Å². The van der Waals surface area contributed by atoms with Crippen LogP contribution in [0, 0.1) is 18.8 Å². The highest BCUT2D eigenvalue weighted by Gasteiger charge is 2.10. The Morgan fingerprint density at radius 2 is 2.06 bits per heavy atom. The monoisotopic (exact) mass is 246 g/mol. The molecule has 94 valence electrons. The molecule has 0 aliphatic carbocycles. The molecule has 18 heavy (non-hydrogen) atoms. The summed E-state index contributed by atoms with van der Waals surface area (Å²) in [5, 5.41) is 0. The van der Waals surface area contributed by atoms with E-state index in [-0.39, 0.29) is 6.61 Å². The third-order valence-corrected chi connectivity index (χ3v) is 2.16. The third-order valence-electron chi connectivity index (χ3n) is 2.16. The van der Waals surface area contributed by atoms with E-state index in [0.717, 1.165) is 5.56 Å². The van der Waals surface area contributed by atoms with Gasteiger partial charge in [-0.3, -0.25) is 0 Å². The molecule has 0 heterocycles. The fraction of sp³-hybridized carbons (Fsp3) is 0.286. The summed E-state index contributed by atoms with van der Waals surface area (Å²) in [7, 11) is 1.30. The van der Waals surface area contributed by atoms with E-state index >= 15 is 0 Å². The number of hydrogen-bond acceptors (Lipinski definition) is 4. The molecule has 0 aliphatic rings. The maximum atomic E-state index is 11.5. The van der Waals surface area contributed by atoms with Crippen LogP contribution in [0.2, 0.25) is 0 Å². The lowest BCUT2D eigenvalue weighted by Gasteiger charge is -2.03. The van der Waals surface area contributed by atoms with Crippen molar-refractivity contribution in [1.29, 1.82) is 0 Å². The Morgan fingerprint density at radius 3 is 2.67 bits per heavy atom. The molecule has 0 N–H and O–H groups in total. The smallest absolute Gasteiger partial charge is 0.384 e. The van der Waals surface area contributed by atoms with Gasteiger partial charge in [0, 0.05) is 11.5 Å². The first kappa shape index (κ1) is 13.8. The summed E-state index contributed by atoms with van der Waals surface area (Å²) in [6.07, 6.45) is 0. The maximum absolute atomic E-state index is 11.5. The van der Waals surface area contributed by atoms with E-state index in [1.807, 2.05) is 6.92 Å². The average Bonchev–Trinajstić information content (AvgIpc) is 2.36. The molecular formula is C14H14O4. The Balaban J connectivity index is 3.10. The highest BCUT2D eigenvalue weighted by atomic mass is 16.5. The zero-order valence-corrected chi connectivity index (χ0v) is 10.6. The molecule has 0 bridgehead atoms. The van der Waals surface area contributed by atoms with Gasteiger partial charge in [-0.1, -0.05) is 12.0 Å². The molecule has 1 aromatic rings. The van der Waals surface area contributed by atoms with Gasteiger partial charge in [0.1, 0.15) is 0 Å². The Morgan fingerprint density at radius 1 is 1.33 bits per heavy atom. The largest absolute Gasteiger partial charge is 0.465 e. The summed E-state index contributed by atoms with van der Waals surface area (Å²) in [5.41, 5.74) is 1.73. The molecule has 0 amide bonds. The number of esters is 2. The number of aryl methyl sites for hydroxylation is 1. The number of hydrogen-bond donors (Lipinski definition) is 0. The Kier molecular flexibility index (Phi) is 4.94. The van der Waals surface area contributed by atoms with Crippen molar-refractivity contribution in [2.24, 2.45) is 0 Å². The highest BCUT2D eigenvalue weighted by Crippen LogP contribution is 2.11. The minimum atomic E-state index is -0.616. The molecule has 1 rings (SSSR count). The first-order valence-electron chi connectivity index (χ1n) is 5.46. The van der Waals surface area contributed by atoms with Crippen molar-refractivity contribution < 1.29 is 19.1 Å². The number of carbonyl (C=O) groups excluding carboxylic acids is 2. The molecule has 0 aromatic heterocycles. The van der Waals surface area contributed by atoms with Gasteiger partial charge >= 0.3 is 11.9 Å². The van der Waals surface area contributed by atoms with Crippen molar-refractivity contribution in [3.63, 3.8) is 0 Å².